The molecule has 1 saturated carbocycles. The molecule has 0 aromatic rings. The standard InChI is InChI=1S/C11H20N4O4/c12-8(16)7-19-6-5-14-10(17)11(9(13)15-18)3-1-2-4-11/h18H,1-7H2,(H2,12,16)(H2,13,15)(H,14,17). The first-order chi connectivity index (χ1) is 9.03. The van der Waals surface area contributed by atoms with Crippen LogP contribution >= 0.6 is 0 Å². The largest absolute Gasteiger partial charge is 0.409 e. The summed E-state index contributed by atoms with van der Waals surface area (Å²) in [6.45, 7) is 0.245. The molecule has 0 aliphatic heterocycles. The SMILES string of the molecule is NC(=O)COCCNC(=O)C1(C(N)=NO)CCCC1. The van der Waals surface area contributed by atoms with Crippen molar-refractivity contribution in [2.75, 3.05) is 19.8 Å². The number of carbonyl (C=O) groups excluding carboxylic acids is 2. The maximum absolute atomic E-state index is 12.1. The molecule has 108 valence electrons. The van der Waals surface area contributed by atoms with Crippen molar-refractivity contribution in [3.8, 4) is 0 Å². The number of nitrogens with two attached hydrogens (primary N) is 2. The van der Waals surface area contributed by atoms with Crippen LogP contribution in [-0.4, -0.2) is 42.6 Å². The number of hydrogen-bond donors (Lipinski definition) is 4. The molecule has 0 bridgehead atoms. The summed E-state index contributed by atoms with van der Waals surface area (Å²) in [6.07, 6.45) is 2.86. The molecule has 0 unspecified atom stereocenters. The molecule has 8 nitrogen and oxygen atoms in total. The van der Waals surface area contributed by atoms with E-state index >= 15 is 0 Å². The van der Waals surface area contributed by atoms with E-state index in [1.165, 1.54) is 0 Å². The molecule has 1 aliphatic carbocycles. The Morgan fingerprint density at radius 3 is 2.47 bits per heavy atom. The summed E-state index contributed by atoms with van der Waals surface area (Å²) < 4.78 is 4.93. The third kappa shape index (κ3) is 3.82. The second kappa shape index (κ2) is 6.93. The Balaban J connectivity index is 2.44. The predicted molar refractivity (Wildman–Crippen MR) is 67.3 cm³/mol. The van der Waals surface area contributed by atoms with Gasteiger partial charge in [0.2, 0.25) is 11.8 Å². The average molecular weight is 272 g/mol. The minimum atomic E-state index is -0.918. The van der Waals surface area contributed by atoms with E-state index in [2.05, 4.69) is 10.5 Å². The van der Waals surface area contributed by atoms with Crippen LogP contribution in [-0.2, 0) is 14.3 Å². The van der Waals surface area contributed by atoms with Gasteiger partial charge in [0, 0.05) is 6.54 Å². The number of oxime groups is 1. The molecule has 1 rings (SSSR count). The van der Waals surface area contributed by atoms with Gasteiger partial charge in [-0.25, -0.2) is 0 Å². The molecule has 0 saturated heterocycles. The van der Waals surface area contributed by atoms with Crippen molar-refractivity contribution in [1.29, 1.82) is 0 Å². The van der Waals surface area contributed by atoms with Crippen LogP contribution in [0.3, 0.4) is 0 Å². The molecular formula is C11H20N4O4. The van der Waals surface area contributed by atoms with Gasteiger partial charge in [-0.05, 0) is 12.8 Å². The van der Waals surface area contributed by atoms with Gasteiger partial charge in [-0.2, -0.15) is 0 Å². The first-order valence-corrected chi connectivity index (χ1v) is 6.15. The van der Waals surface area contributed by atoms with Crippen LogP contribution in [0.15, 0.2) is 5.16 Å². The van der Waals surface area contributed by atoms with Crippen molar-refractivity contribution in [2.45, 2.75) is 25.7 Å². The number of nitrogens with zero attached hydrogens (tertiary/aromatic N) is 1. The molecule has 0 aromatic carbocycles. The van der Waals surface area contributed by atoms with Crippen molar-refractivity contribution in [3.05, 3.63) is 0 Å². The lowest BCUT2D eigenvalue weighted by atomic mass is 9.84. The first kappa shape index (κ1) is 15.2. The molecule has 6 N–H and O–H groups in total. The number of nitrogens with one attached hydrogen (secondary N) is 1. The number of amidine groups is 1. The Bertz CT molecular complexity index is 364. The van der Waals surface area contributed by atoms with Gasteiger partial charge in [0.1, 0.15) is 12.0 Å². The topological polar surface area (TPSA) is 140 Å². The fourth-order valence-electron chi connectivity index (χ4n) is 2.25. The van der Waals surface area contributed by atoms with E-state index in [4.69, 9.17) is 21.4 Å². The third-order valence-electron chi connectivity index (χ3n) is 3.27. The number of rotatable bonds is 7. The molecule has 0 spiro atoms. The monoisotopic (exact) mass is 272 g/mol. The summed E-state index contributed by atoms with van der Waals surface area (Å²) in [4.78, 5) is 22.6. The summed E-state index contributed by atoms with van der Waals surface area (Å²) in [7, 11) is 0. The number of ether oxygens (including phenoxy) is 1. The molecule has 1 fully saturated rings. The number of amides is 2. The van der Waals surface area contributed by atoms with Crippen LogP contribution in [0.1, 0.15) is 25.7 Å². The van der Waals surface area contributed by atoms with E-state index in [1.807, 2.05) is 0 Å². The van der Waals surface area contributed by atoms with Crippen molar-refractivity contribution in [2.24, 2.45) is 22.0 Å². The minimum Gasteiger partial charge on any atom is -0.409 e. The number of primary amides is 1. The van der Waals surface area contributed by atoms with Crippen LogP contribution in [0.2, 0.25) is 0 Å². The van der Waals surface area contributed by atoms with Crippen molar-refractivity contribution in [3.63, 3.8) is 0 Å². The van der Waals surface area contributed by atoms with Gasteiger partial charge < -0.3 is 26.7 Å². The van der Waals surface area contributed by atoms with Crippen LogP contribution in [0.25, 0.3) is 0 Å². The summed E-state index contributed by atoms with van der Waals surface area (Å²) in [6, 6.07) is 0. The maximum atomic E-state index is 12.1. The smallest absolute Gasteiger partial charge is 0.243 e. The highest BCUT2D eigenvalue weighted by Crippen LogP contribution is 2.38. The van der Waals surface area contributed by atoms with Crippen molar-refractivity contribution in [1.82, 2.24) is 5.32 Å². The van der Waals surface area contributed by atoms with E-state index in [9.17, 15) is 9.59 Å². The van der Waals surface area contributed by atoms with Gasteiger partial charge in [-0.15, -0.1) is 0 Å². The summed E-state index contributed by atoms with van der Waals surface area (Å²) in [5, 5.41) is 14.4. The van der Waals surface area contributed by atoms with E-state index in [0.29, 0.717) is 12.8 Å². The molecule has 2 amide bonds. The highest BCUT2D eigenvalue weighted by molar-refractivity contribution is 6.07. The second-order valence-corrected chi connectivity index (χ2v) is 4.55. The molecule has 0 aromatic heterocycles. The highest BCUT2D eigenvalue weighted by Gasteiger charge is 2.45. The minimum absolute atomic E-state index is 0.0550. The van der Waals surface area contributed by atoms with Gasteiger partial charge in [-0.3, -0.25) is 9.59 Å². The van der Waals surface area contributed by atoms with Gasteiger partial charge in [-0.1, -0.05) is 18.0 Å². The Labute approximate surface area is 111 Å². The fraction of sp³-hybridized carbons (Fsp3) is 0.727. The molecule has 8 heteroatoms. The summed E-state index contributed by atoms with van der Waals surface area (Å²) in [5.74, 6) is -0.890. The van der Waals surface area contributed by atoms with Crippen molar-refractivity contribution < 1.29 is 19.5 Å². The van der Waals surface area contributed by atoms with E-state index in [0.717, 1.165) is 12.8 Å². The predicted octanol–water partition coefficient (Wildman–Crippen LogP) is -1.09. The quantitative estimate of drug-likeness (QED) is 0.153. The fourth-order valence-corrected chi connectivity index (χ4v) is 2.25. The lowest BCUT2D eigenvalue weighted by molar-refractivity contribution is -0.127. The molecule has 0 radical (unpaired) electrons. The Morgan fingerprint density at radius 2 is 1.95 bits per heavy atom. The van der Waals surface area contributed by atoms with Gasteiger partial charge in [0.15, 0.2) is 5.84 Å². The van der Waals surface area contributed by atoms with E-state index in [-0.39, 0.29) is 31.5 Å². The second-order valence-electron chi connectivity index (χ2n) is 4.55. The van der Waals surface area contributed by atoms with Crippen LogP contribution in [0, 0.1) is 5.41 Å². The zero-order valence-corrected chi connectivity index (χ0v) is 10.7. The number of carbonyl (C=O) groups is 2. The highest BCUT2D eigenvalue weighted by atomic mass is 16.5. The van der Waals surface area contributed by atoms with Gasteiger partial charge in [0.05, 0.1) is 6.61 Å². The van der Waals surface area contributed by atoms with Crippen molar-refractivity contribution >= 4 is 17.6 Å². The normalized spacial score (nSPS) is 18.2. The van der Waals surface area contributed by atoms with Crippen LogP contribution in [0.5, 0.6) is 0 Å². The molecular weight excluding hydrogens is 252 g/mol. The van der Waals surface area contributed by atoms with Crippen LogP contribution < -0.4 is 16.8 Å². The molecule has 0 heterocycles. The van der Waals surface area contributed by atoms with Gasteiger partial charge in [0.25, 0.3) is 0 Å². The maximum Gasteiger partial charge on any atom is 0.243 e. The summed E-state index contributed by atoms with van der Waals surface area (Å²) >= 11 is 0. The zero-order valence-electron chi connectivity index (χ0n) is 10.7. The molecule has 1 aliphatic rings. The van der Waals surface area contributed by atoms with Crippen LogP contribution in [0.4, 0.5) is 0 Å². The lowest BCUT2D eigenvalue weighted by Gasteiger charge is -2.25. The summed E-state index contributed by atoms with van der Waals surface area (Å²) in [5.41, 5.74) is 9.61. The first-order valence-electron chi connectivity index (χ1n) is 6.15. The van der Waals surface area contributed by atoms with E-state index < -0.39 is 11.3 Å². The van der Waals surface area contributed by atoms with E-state index in [1.54, 1.807) is 0 Å². The zero-order chi connectivity index (χ0) is 14.3. The Hall–Kier alpha value is -1.83. The lowest BCUT2D eigenvalue weighted by Crippen LogP contribution is -2.48. The van der Waals surface area contributed by atoms with Gasteiger partial charge >= 0.3 is 0 Å². The average Bonchev–Trinajstić information content (AvgIpc) is 2.87. The molecule has 0 atom stereocenters. The Morgan fingerprint density at radius 1 is 1.32 bits per heavy atom. The molecule has 19 heavy (non-hydrogen) atoms. The number of hydrogen-bond acceptors (Lipinski definition) is 5. The third-order valence-corrected chi connectivity index (χ3v) is 3.27. The Kier molecular flexibility index (Phi) is 5.56.